The van der Waals surface area contributed by atoms with Gasteiger partial charge in [-0.3, -0.25) is 9.78 Å². The number of halogens is 1. The summed E-state index contributed by atoms with van der Waals surface area (Å²) in [4.78, 5) is 23.8. The predicted octanol–water partition coefficient (Wildman–Crippen LogP) is 4.69. The molecule has 0 saturated heterocycles. The molecular formula is C22H23ClN4O2. The number of benzene rings is 1. The Morgan fingerprint density at radius 2 is 1.93 bits per heavy atom. The summed E-state index contributed by atoms with van der Waals surface area (Å²) in [6.45, 7) is 0.541. The highest BCUT2D eigenvalue weighted by atomic mass is 35.5. The first-order chi connectivity index (χ1) is 14.2. The molecule has 1 amide bonds. The van der Waals surface area contributed by atoms with Crippen LogP contribution >= 0.6 is 11.6 Å². The highest BCUT2D eigenvalue weighted by Crippen LogP contribution is 2.27. The van der Waals surface area contributed by atoms with Crippen LogP contribution in [-0.4, -0.2) is 32.0 Å². The third-order valence-electron chi connectivity index (χ3n) is 5.28. The van der Waals surface area contributed by atoms with Crippen molar-refractivity contribution in [3.8, 4) is 11.4 Å². The molecule has 2 aromatic heterocycles. The van der Waals surface area contributed by atoms with Crippen molar-refractivity contribution in [1.29, 1.82) is 0 Å². The molecule has 0 unspecified atom stereocenters. The monoisotopic (exact) mass is 410 g/mol. The first kappa shape index (κ1) is 19.6. The Morgan fingerprint density at radius 3 is 2.69 bits per heavy atom. The Morgan fingerprint density at radius 1 is 1.14 bits per heavy atom. The highest BCUT2D eigenvalue weighted by Gasteiger charge is 2.27. The number of nitrogens with zero attached hydrogens (tertiary/aromatic N) is 4. The fourth-order valence-electron chi connectivity index (χ4n) is 3.77. The second kappa shape index (κ2) is 9.18. The molecule has 4 rings (SSSR count). The predicted molar refractivity (Wildman–Crippen MR) is 110 cm³/mol. The van der Waals surface area contributed by atoms with Crippen LogP contribution in [0.15, 0.2) is 53.2 Å². The standard InChI is InChI=1S/C22H23ClN4O2/c23-19-11-4-3-10-18(19)22-25-20(29-26-22)12-13-21(28)27(17-8-1-2-9-17)15-16-7-5-6-14-24-16/h3-7,10-11,14,17H,1-2,8-9,12-13,15H2. The number of aromatic nitrogens is 3. The van der Waals surface area contributed by atoms with Gasteiger partial charge in [-0.15, -0.1) is 0 Å². The zero-order chi connectivity index (χ0) is 20.1. The number of rotatable bonds is 7. The van der Waals surface area contributed by atoms with Gasteiger partial charge in [0.1, 0.15) is 0 Å². The van der Waals surface area contributed by atoms with E-state index in [2.05, 4.69) is 15.1 Å². The lowest BCUT2D eigenvalue weighted by molar-refractivity contribution is -0.134. The maximum absolute atomic E-state index is 13.0. The van der Waals surface area contributed by atoms with E-state index in [9.17, 15) is 4.79 Å². The smallest absolute Gasteiger partial charge is 0.227 e. The van der Waals surface area contributed by atoms with Crippen molar-refractivity contribution in [2.75, 3.05) is 0 Å². The average molecular weight is 411 g/mol. The number of pyridine rings is 1. The molecule has 1 saturated carbocycles. The maximum Gasteiger partial charge on any atom is 0.227 e. The fraction of sp³-hybridized carbons (Fsp3) is 0.364. The lowest BCUT2D eigenvalue weighted by atomic mass is 10.1. The van der Waals surface area contributed by atoms with Crippen LogP contribution in [-0.2, 0) is 17.8 Å². The van der Waals surface area contributed by atoms with E-state index in [0.717, 1.165) is 24.1 Å². The number of aryl methyl sites for hydroxylation is 1. The van der Waals surface area contributed by atoms with Gasteiger partial charge in [0.25, 0.3) is 0 Å². The molecule has 150 valence electrons. The second-order valence-electron chi connectivity index (χ2n) is 7.27. The van der Waals surface area contributed by atoms with Gasteiger partial charge in [-0.25, -0.2) is 0 Å². The van der Waals surface area contributed by atoms with Gasteiger partial charge in [0.2, 0.25) is 17.6 Å². The quantitative estimate of drug-likeness (QED) is 0.565. The van der Waals surface area contributed by atoms with Crippen LogP contribution in [0.2, 0.25) is 5.02 Å². The zero-order valence-electron chi connectivity index (χ0n) is 16.1. The summed E-state index contributed by atoms with van der Waals surface area (Å²) in [6, 6.07) is 13.4. The number of hydrogen-bond acceptors (Lipinski definition) is 5. The van der Waals surface area contributed by atoms with E-state index < -0.39 is 0 Å². The molecule has 6 nitrogen and oxygen atoms in total. The van der Waals surface area contributed by atoms with Gasteiger partial charge < -0.3 is 9.42 Å². The zero-order valence-corrected chi connectivity index (χ0v) is 16.9. The molecule has 0 radical (unpaired) electrons. The van der Waals surface area contributed by atoms with E-state index >= 15 is 0 Å². The molecule has 3 aromatic rings. The van der Waals surface area contributed by atoms with Crippen molar-refractivity contribution in [1.82, 2.24) is 20.0 Å². The summed E-state index contributed by atoms with van der Waals surface area (Å²) in [5, 5.41) is 4.58. The van der Waals surface area contributed by atoms with E-state index in [-0.39, 0.29) is 11.9 Å². The van der Waals surface area contributed by atoms with Gasteiger partial charge in [-0.1, -0.05) is 47.8 Å². The summed E-state index contributed by atoms with van der Waals surface area (Å²) in [5.41, 5.74) is 1.63. The number of amides is 1. The van der Waals surface area contributed by atoms with Crippen molar-refractivity contribution < 1.29 is 9.32 Å². The van der Waals surface area contributed by atoms with Crippen LogP contribution in [0.4, 0.5) is 0 Å². The van der Waals surface area contributed by atoms with E-state index in [1.54, 1.807) is 12.3 Å². The van der Waals surface area contributed by atoms with Crippen molar-refractivity contribution in [2.45, 2.75) is 51.1 Å². The molecule has 29 heavy (non-hydrogen) atoms. The SMILES string of the molecule is O=C(CCc1nc(-c2ccccc2Cl)no1)N(Cc1ccccn1)C1CCCC1. The number of hydrogen-bond donors (Lipinski definition) is 0. The topological polar surface area (TPSA) is 72.1 Å². The molecule has 1 aliphatic carbocycles. The maximum atomic E-state index is 13.0. The summed E-state index contributed by atoms with van der Waals surface area (Å²) in [7, 11) is 0. The second-order valence-corrected chi connectivity index (χ2v) is 7.68. The first-order valence-corrected chi connectivity index (χ1v) is 10.4. The number of carbonyl (C=O) groups excluding carboxylic acids is 1. The van der Waals surface area contributed by atoms with E-state index in [1.807, 2.05) is 41.3 Å². The minimum atomic E-state index is 0.0973. The van der Waals surface area contributed by atoms with Crippen LogP contribution in [0.1, 0.15) is 43.7 Å². The van der Waals surface area contributed by atoms with Gasteiger partial charge >= 0.3 is 0 Å². The molecular weight excluding hydrogens is 388 g/mol. The molecule has 1 aromatic carbocycles. The minimum absolute atomic E-state index is 0.0973. The fourth-order valence-corrected chi connectivity index (χ4v) is 3.99. The molecule has 2 heterocycles. The normalized spacial score (nSPS) is 14.2. The number of carbonyl (C=O) groups is 1. The van der Waals surface area contributed by atoms with E-state index in [1.165, 1.54) is 12.8 Å². The third-order valence-corrected chi connectivity index (χ3v) is 5.61. The van der Waals surface area contributed by atoms with Gasteiger partial charge in [-0.05, 0) is 37.1 Å². The molecule has 1 fully saturated rings. The summed E-state index contributed by atoms with van der Waals surface area (Å²) >= 11 is 6.20. The summed E-state index contributed by atoms with van der Waals surface area (Å²) < 4.78 is 5.35. The van der Waals surface area contributed by atoms with E-state index in [0.29, 0.717) is 36.1 Å². The molecule has 0 spiro atoms. The highest BCUT2D eigenvalue weighted by molar-refractivity contribution is 6.33. The van der Waals surface area contributed by atoms with Crippen molar-refractivity contribution in [3.05, 3.63) is 65.3 Å². The summed E-state index contributed by atoms with van der Waals surface area (Å²) in [5.74, 6) is 0.983. The van der Waals surface area contributed by atoms with Crippen LogP contribution in [0, 0.1) is 0 Å². The van der Waals surface area contributed by atoms with Crippen LogP contribution in [0.5, 0.6) is 0 Å². The molecule has 0 bridgehead atoms. The lowest BCUT2D eigenvalue weighted by Gasteiger charge is -2.28. The first-order valence-electron chi connectivity index (χ1n) is 9.97. The minimum Gasteiger partial charge on any atom is -0.339 e. The Kier molecular flexibility index (Phi) is 6.20. The van der Waals surface area contributed by atoms with Gasteiger partial charge in [-0.2, -0.15) is 4.98 Å². The molecule has 7 heteroatoms. The Labute approximate surface area is 174 Å². The van der Waals surface area contributed by atoms with Crippen molar-refractivity contribution in [3.63, 3.8) is 0 Å². The van der Waals surface area contributed by atoms with Gasteiger partial charge in [0.15, 0.2) is 0 Å². The van der Waals surface area contributed by atoms with Crippen molar-refractivity contribution in [2.24, 2.45) is 0 Å². The van der Waals surface area contributed by atoms with Crippen molar-refractivity contribution >= 4 is 17.5 Å². The lowest BCUT2D eigenvalue weighted by Crippen LogP contribution is -2.38. The summed E-state index contributed by atoms with van der Waals surface area (Å²) in [6.07, 6.45) is 6.94. The Bertz CT molecular complexity index is 954. The Hall–Kier alpha value is -2.73. The van der Waals surface area contributed by atoms with Gasteiger partial charge in [0, 0.05) is 30.6 Å². The van der Waals surface area contributed by atoms with Crippen LogP contribution < -0.4 is 0 Å². The van der Waals surface area contributed by atoms with Crippen LogP contribution in [0.25, 0.3) is 11.4 Å². The largest absolute Gasteiger partial charge is 0.339 e. The average Bonchev–Trinajstić information content (AvgIpc) is 3.44. The molecule has 1 aliphatic rings. The third kappa shape index (κ3) is 4.82. The molecule has 0 N–H and O–H groups in total. The Balaban J connectivity index is 1.42. The molecule has 0 aliphatic heterocycles. The van der Waals surface area contributed by atoms with Crippen LogP contribution in [0.3, 0.4) is 0 Å². The molecule has 0 atom stereocenters. The van der Waals surface area contributed by atoms with Gasteiger partial charge in [0.05, 0.1) is 17.3 Å². The van der Waals surface area contributed by atoms with E-state index in [4.69, 9.17) is 16.1 Å².